The molecule has 1 rings (SSSR count). The number of nitriles is 1. The second-order valence-corrected chi connectivity index (χ2v) is 5.75. The van der Waals surface area contributed by atoms with Gasteiger partial charge in [0, 0.05) is 32.4 Å². The molecule has 0 saturated carbocycles. The number of rotatable bonds is 8. The molecule has 0 aliphatic carbocycles. The van der Waals surface area contributed by atoms with Gasteiger partial charge in [-0.2, -0.15) is 5.26 Å². The zero-order chi connectivity index (χ0) is 15.5. The van der Waals surface area contributed by atoms with Crippen molar-refractivity contribution in [3.8, 4) is 6.07 Å². The molecule has 118 valence electrons. The summed E-state index contributed by atoms with van der Waals surface area (Å²) in [5.41, 5.74) is 0.295. The van der Waals surface area contributed by atoms with Gasteiger partial charge in [0.2, 0.25) is 0 Å². The third kappa shape index (κ3) is 6.20. The minimum absolute atomic E-state index is 0.0878. The van der Waals surface area contributed by atoms with Crippen molar-refractivity contribution < 1.29 is 4.79 Å². The van der Waals surface area contributed by atoms with Crippen LogP contribution in [0.4, 0.5) is 0 Å². The molecular weight excluding hydrogens is 262 g/mol. The van der Waals surface area contributed by atoms with Gasteiger partial charge in [0.05, 0.1) is 0 Å². The van der Waals surface area contributed by atoms with Gasteiger partial charge >= 0.3 is 0 Å². The molecule has 4 nitrogen and oxygen atoms in total. The number of likely N-dealkylation sites (tertiary alicyclic amines) is 1. The monoisotopic (exact) mass is 291 g/mol. The lowest BCUT2D eigenvalue weighted by Crippen LogP contribution is -2.37. The highest BCUT2D eigenvalue weighted by Crippen LogP contribution is 2.13. The average Bonchev–Trinajstić information content (AvgIpc) is 2.54. The van der Waals surface area contributed by atoms with Crippen LogP contribution in [0.3, 0.4) is 0 Å². The summed E-state index contributed by atoms with van der Waals surface area (Å²) in [6.45, 7) is 7.76. The van der Waals surface area contributed by atoms with Crippen molar-refractivity contribution in [1.29, 1.82) is 5.26 Å². The molecule has 0 radical (unpaired) electrons. The highest BCUT2D eigenvalue weighted by molar-refractivity contribution is 5.97. The van der Waals surface area contributed by atoms with Crippen LogP contribution in [0.5, 0.6) is 0 Å². The van der Waals surface area contributed by atoms with E-state index in [2.05, 4.69) is 24.8 Å². The van der Waals surface area contributed by atoms with E-state index in [1.807, 2.05) is 4.90 Å². The van der Waals surface area contributed by atoms with Crippen LogP contribution in [-0.2, 0) is 4.79 Å². The maximum Gasteiger partial charge on any atom is 0.266 e. The fourth-order valence-electron chi connectivity index (χ4n) is 2.55. The molecule has 1 saturated heterocycles. The van der Waals surface area contributed by atoms with E-state index in [0.29, 0.717) is 5.57 Å². The molecule has 0 unspecified atom stereocenters. The van der Waals surface area contributed by atoms with Crippen LogP contribution >= 0.6 is 0 Å². The maximum absolute atomic E-state index is 12.4. The van der Waals surface area contributed by atoms with E-state index in [1.165, 1.54) is 6.42 Å². The first kappa shape index (κ1) is 17.6. The molecule has 0 aromatic rings. The summed E-state index contributed by atoms with van der Waals surface area (Å²) in [5, 5.41) is 9.33. The Morgan fingerprint density at radius 2 is 1.71 bits per heavy atom. The molecule has 0 aromatic heterocycles. The second-order valence-electron chi connectivity index (χ2n) is 5.75. The predicted molar refractivity (Wildman–Crippen MR) is 85.5 cm³/mol. The van der Waals surface area contributed by atoms with Crippen molar-refractivity contribution in [2.75, 3.05) is 26.2 Å². The Hall–Kier alpha value is -1.50. The van der Waals surface area contributed by atoms with E-state index in [0.717, 1.165) is 64.7 Å². The van der Waals surface area contributed by atoms with E-state index < -0.39 is 0 Å². The first-order chi connectivity index (χ1) is 10.2. The Balaban J connectivity index is 2.71. The molecule has 0 aromatic carbocycles. The van der Waals surface area contributed by atoms with Gasteiger partial charge in [-0.1, -0.05) is 26.7 Å². The van der Waals surface area contributed by atoms with Crippen molar-refractivity contribution >= 4 is 5.91 Å². The van der Waals surface area contributed by atoms with Gasteiger partial charge in [0.15, 0.2) is 0 Å². The standard InChI is InChI=1S/C17H29N3O/c1-3-5-10-19(11-6-4-2)15-16(14-18)17(21)20-12-8-7-9-13-20/h15H,3-13H2,1-2H3/b16-15-. The quantitative estimate of drug-likeness (QED) is 0.509. The lowest BCUT2D eigenvalue weighted by molar-refractivity contribution is -0.127. The third-order valence-electron chi connectivity index (χ3n) is 3.90. The van der Waals surface area contributed by atoms with Gasteiger partial charge in [-0.05, 0) is 32.1 Å². The van der Waals surface area contributed by atoms with E-state index >= 15 is 0 Å². The highest BCUT2D eigenvalue weighted by atomic mass is 16.2. The summed E-state index contributed by atoms with van der Waals surface area (Å²) in [7, 11) is 0. The number of nitrogens with zero attached hydrogens (tertiary/aromatic N) is 3. The summed E-state index contributed by atoms with van der Waals surface area (Å²) in [6.07, 6.45) is 9.53. The minimum Gasteiger partial charge on any atom is -0.376 e. The van der Waals surface area contributed by atoms with Crippen LogP contribution in [0.2, 0.25) is 0 Å². The Kier molecular flexibility index (Phi) is 8.57. The Labute approximate surface area is 129 Å². The van der Waals surface area contributed by atoms with Crippen molar-refractivity contribution in [3.63, 3.8) is 0 Å². The fourth-order valence-corrected chi connectivity index (χ4v) is 2.55. The Morgan fingerprint density at radius 1 is 1.14 bits per heavy atom. The SMILES string of the molecule is CCCCN(/C=C(/C#N)C(=O)N1CCCCC1)CCCC. The number of amides is 1. The first-order valence-electron chi connectivity index (χ1n) is 8.38. The zero-order valence-corrected chi connectivity index (χ0v) is 13.6. The molecule has 1 aliphatic heterocycles. The summed E-state index contributed by atoms with van der Waals surface area (Å²) in [4.78, 5) is 16.4. The largest absolute Gasteiger partial charge is 0.376 e. The van der Waals surface area contributed by atoms with Gasteiger partial charge in [-0.3, -0.25) is 4.79 Å². The van der Waals surface area contributed by atoms with Gasteiger partial charge < -0.3 is 9.80 Å². The molecule has 1 heterocycles. The fraction of sp³-hybridized carbons (Fsp3) is 0.765. The molecule has 0 N–H and O–H groups in total. The predicted octanol–water partition coefficient (Wildman–Crippen LogP) is 3.31. The van der Waals surface area contributed by atoms with Gasteiger partial charge in [-0.25, -0.2) is 0 Å². The van der Waals surface area contributed by atoms with Crippen LogP contribution in [0, 0.1) is 11.3 Å². The first-order valence-corrected chi connectivity index (χ1v) is 8.38. The van der Waals surface area contributed by atoms with Crippen LogP contribution in [0.1, 0.15) is 58.8 Å². The number of unbranched alkanes of at least 4 members (excludes halogenated alkanes) is 2. The lowest BCUT2D eigenvalue weighted by atomic mass is 10.1. The molecule has 0 bridgehead atoms. The Morgan fingerprint density at radius 3 is 2.19 bits per heavy atom. The highest BCUT2D eigenvalue weighted by Gasteiger charge is 2.20. The van der Waals surface area contributed by atoms with Crippen molar-refractivity contribution in [2.24, 2.45) is 0 Å². The summed E-state index contributed by atoms with van der Waals surface area (Å²) >= 11 is 0. The van der Waals surface area contributed by atoms with Crippen LogP contribution in [0.15, 0.2) is 11.8 Å². The second kappa shape index (κ2) is 10.3. The smallest absolute Gasteiger partial charge is 0.266 e. The average molecular weight is 291 g/mol. The van der Waals surface area contributed by atoms with Gasteiger partial charge in [0.25, 0.3) is 5.91 Å². The van der Waals surface area contributed by atoms with E-state index in [4.69, 9.17) is 0 Å². The van der Waals surface area contributed by atoms with E-state index in [-0.39, 0.29) is 5.91 Å². The van der Waals surface area contributed by atoms with Gasteiger partial charge in [0.1, 0.15) is 11.6 Å². The molecular formula is C17H29N3O. The van der Waals surface area contributed by atoms with E-state index in [1.54, 1.807) is 6.20 Å². The maximum atomic E-state index is 12.4. The molecule has 4 heteroatoms. The third-order valence-corrected chi connectivity index (χ3v) is 3.90. The van der Waals surface area contributed by atoms with Crippen molar-refractivity contribution in [1.82, 2.24) is 9.80 Å². The number of carbonyl (C=O) groups excluding carboxylic acids is 1. The van der Waals surface area contributed by atoms with Crippen LogP contribution in [0.25, 0.3) is 0 Å². The topological polar surface area (TPSA) is 47.3 Å². The molecule has 1 fully saturated rings. The molecule has 0 atom stereocenters. The number of carbonyl (C=O) groups is 1. The number of piperidine rings is 1. The number of hydrogen-bond donors (Lipinski definition) is 0. The van der Waals surface area contributed by atoms with Gasteiger partial charge in [-0.15, -0.1) is 0 Å². The zero-order valence-electron chi connectivity index (χ0n) is 13.6. The van der Waals surface area contributed by atoms with Crippen molar-refractivity contribution in [2.45, 2.75) is 58.8 Å². The Bertz CT molecular complexity index is 370. The van der Waals surface area contributed by atoms with Crippen molar-refractivity contribution in [3.05, 3.63) is 11.8 Å². The normalized spacial score (nSPS) is 15.7. The summed E-state index contributed by atoms with van der Waals surface area (Å²) < 4.78 is 0. The molecule has 1 amide bonds. The number of hydrogen-bond acceptors (Lipinski definition) is 3. The molecule has 0 spiro atoms. The molecule has 1 aliphatic rings. The summed E-state index contributed by atoms with van der Waals surface area (Å²) in [5.74, 6) is -0.0878. The van der Waals surface area contributed by atoms with E-state index in [9.17, 15) is 10.1 Å². The van der Waals surface area contributed by atoms with Crippen LogP contribution < -0.4 is 0 Å². The lowest BCUT2D eigenvalue weighted by Gasteiger charge is -2.27. The summed E-state index contributed by atoms with van der Waals surface area (Å²) in [6, 6.07) is 2.11. The molecule has 21 heavy (non-hydrogen) atoms. The minimum atomic E-state index is -0.0878. The van der Waals surface area contributed by atoms with Crippen LogP contribution in [-0.4, -0.2) is 41.9 Å².